The first-order valence-electron chi connectivity index (χ1n) is 4.22. The van der Waals surface area contributed by atoms with E-state index in [0.29, 0.717) is 22.3 Å². The summed E-state index contributed by atoms with van der Waals surface area (Å²) in [6, 6.07) is 1.60. The van der Waals surface area contributed by atoms with Gasteiger partial charge in [-0.25, -0.2) is 10.8 Å². The minimum atomic E-state index is 0.337. The second-order valence-corrected chi connectivity index (χ2v) is 3.35. The van der Waals surface area contributed by atoms with Crippen LogP contribution < -0.4 is 21.3 Å². The van der Waals surface area contributed by atoms with Crippen molar-refractivity contribution < 1.29 is 4.74 Å². The van der Waals surface area contributed by atoms with E-state index >= 15 is 0 Å². The lowest BCUT2D eigenvalue weighted by Gasteiger charge is -2.17. The number of hydrogen-bond acceptors (Lipinski definition) is 5. The molecule has 0 radical (unpaired) electrons. The van der Waals surface area contributed by atoms with E-state index in [4.69, 9.17) is 27.9 Å². The molecule has 1 heterocycles. The Kier molecular flexibility index (Phi) is 3.76. The molecule has 1 aromatic heterocycles. The van der Waals surface area contributed by atoms with E-state index in [1.54, 1.807) is 19.2 Å². The van der Waals surface area contributed by atoms with Gasteiger partial charge in [0, 0.05) is 18.0 Å². The Hall–Kier alpha value is -1.46. The van der Waals surface area contributed by atoms with Crippen molar-refractivity contribution in [3.05, 3.63) is 29.3 Å². The second-order valence-electron chi connectivity index (χ2n) is 2.96. The molecule has 0 aliphatic carbocycles. The lowest BCUT2D eigenvalue weighted by atomic mass is 10.3. The fourth-order valence-corrected chi connectivity index (χ4v) is 1.21. The maximum Gasteiger partial charge on any atom is 0.162 e. The molecular weight excluding hydrogens is 216 g/mol. The van der Waals surface area contributed by atoms with Crippen molar-refractivity contribution in [1.29, 1.82) is 0 Å². The van der Waals surface area contributed by atoms with E-state index in [1.807, 2.05) is 0 Å². The third kappa shape index (κ3) is 3.00. The van der Waals surface area contributed by atoms with E-state index in [2.05, 4.69) is 4.98 Å². The van der Waals surface area contributed by atoms with Gasteiger partial charge in [0.25, 0.3) is 0 Å². The molecule has 0 unspecified atom stereocenters. The number of hydrazine groups is 1. The number of nitrogens with zero attached hydrogens (tertiary/aromatic N) is 2. The molecule has 1 aromatic rings. The zero-order valence-electron chi connectivity index (χ0n) is 8.57. The first-order valence-corrected chi connectivity index (χ1v) is 4.59. The van der Waals surface area contributed by atoms with Gasteiger partial charge >= 0.3 is 0 Å². The summed E-state index contributed by atoms with van der Waals surface area (Å²) in [7, 11) is 1.53. The topological polar surface area (TPSA) is 77.4 Å². The van der Waals surface area contributed by atoms with Crippen molar-refractivity contribution in [3.8, 4) is 5.75 Å². The highest BCUT2D eigenvalue weighted by Gasteiger charge is 2.08. The van der Waals surface area contributed by atoms with Crippen LogP contribution in [0.4, 0.5) is 5.69 Å². The van der Waals surface area contributed by atoms with Crippen LogP contribution in [0.15, 0.2) is 24.2 Å². The number of methoxy groups -OCH3 is 1. The molecule has 0 amide bonds. The smallest absolute Gasteiger partial charge is 0.162 e. The normalized spacial score (nSPS) is 11.3. The van der Waals surface area contributed by atoms with Crippen LogP contribution in [0.25, 0.3) is 0 Å². The molecule has 4 N–H and O–H groups in total. The summed E-state index contributed by atoms with van der Waals surface area (Å²) in [6.07, 6.45) is 3.06. The highest BCUT2D eigenvalue weighted by molar-refractivity contribution is 6.29. The molecule has 0 atom stereocenters. The molecular formula is C9H13ClN4O. The molecule has 82 valence electrons. The Morgan fingerprint density at radius 3 is 2.87 bits per heavy atom. The van der Waals surface area contributed by atoms with Crippen molar-refractivity contribution in [2.75, 3.05) is 12.1 Å². The van der Waals surface area contributed by atoms with Gasteiger partial charge in [-0.15, -0.1) is 0 Å². The number of rotatable bonds is 3. The van der Waals surface area contributed by atoms with Crippen molar-refractivity contribution in [3.63, 3.8) is 0 Å². The Morgan fingerprint density at radius 1 is 1.67 bits per heavy atom. The van der Waals surface area contributed by atoms with Crippen molar-refractivity contribution in [2.45, 2.75) is 6.92 Å². The van der Waals surface area contributed by atoms with Crippen LogP contribution >= 0.6 is 11.6 Å². The average molecular weight is 229 g/mol. The van der Waals surface area contributed by atoms with Gasteiger partial charge in [-0.3, -0.25) is 5.01 Å². The molecule has 0 spiro atoms. The van der Waals surface area contributed by atoms with Crippen LogP contribution in [-0.4, -0.2) is 12.1 Å². The standard InChI is InChI=1S/C9H13ClN4O/c1-6(11)5-14(12)7-3-9(10)13-4-8(7)15-2/h3-5H,11-12H2,1-2H3/b6-5-. The minimum absolute atomic E-state index is 0.337. The number of allylic oxidation sites excluding steroid dienone is 1. The minimum Gasteiger partial charge on any atom is -0.493 e. The molecule has 1 rings (SSSR count). The maximum absolute atomic E-state index is 5.75. The van der Waals surface area contributed by atoms with Crippen LogP contribution in [0.5, 0.6) is 5.75 Å². The van der Waals surface area contributed by atoms with Crippen molar-refractivity contribution >= 4 is 17.3 Å². The number of ether oxygens (including phenoxy) is 1. The first kappa shape index (κ1) is 11.6. The molecule has 0 aliphatic rings. The summed E-state index contributed by atoms with van der Waals surface area (Å²) in [6.45, 7) is 1.73. The SMILES string of the molecule is COc1cnc(Cl)cc1N(N)/C=C(/C)N. The Bertz CT molecular complexity index is 376. The lowest BCUT2D eigenvalue weighted by molar-refractivity contribution is 0.413. The van der Waals surface area contributed by atoms with Gasteiger partial charge < -0.3 is 10.5 Å². The number of halogens is 1. The van der Waals surface area contributed by atoms with E-state index in [-0.39, 0.29) is 0 Å². The summed E-state index contributed by atoms with van der Waals surface area (Å²) in [5.41, 5.74) is 6.69. The van der Waals surface area contributed by atoms with Crippen LogP contribution in [0.1, 0.15) is 6.92 Å². The van der Waals surface area contributed by atoms with E-state index in [0.717, 1.165) is 0 Å². The molecule has 5 nitrogen and oxygen atoms in total. The number of anilines is 1. The fourth-order valence-electron chi connectivity index (χ4n) is 1.06. The Labute approximate surface area is 93.2 Å². The van der Waals surface area contributed by atoms with Gasteiger partial charge in [-0.05, 0) is 6.92 Å². The monoisotopic (exact) mass is 228 g/mol. The summed E-state index contributed by atoms with van der Waals surface area (Å²) in [5, 5.41) is 1.67. The van der Waals surface area contributed by atoms with Crippen LogP contribution in [0.2, 0.25) is 5.15 Å². The van der Waals surface area contributed by atoms with Crippen LogP contribution in [-0.2, 0) is 0 Å². The molecule has 0 aliphatic heterocycles. The molecule has 15 heavy (non-hydrogen) atoms. The van der Waals surface area contributed by atoms with Gasteiger partial charge in [-0.1, -0.05) is 11.6 Å². The van der Waals surface area contributed by atoms with Gasteiger partial charge in [0.05, 0.1) is 13.3 Å². The molecule has 0 saturated carbocycles. The number of pyridine rings is 1. The van der Waals surface area contributed by atoms with Gasteiger partial charge in [-0.2, -0.15) is 0 Å². The molecule has 6 heteroatoms. The zero-order chi connectivity index (χ0) is 11.4. The fraction of sp³-hybridized carbons (Fsp3) is 0.222. The van der Waals surface area contributed by atoms with Gasteiger partial charge in [0.2, 0.25) is 0 Å². The number of aromatic nitrogens is 1. The maximum atomic E-state index is 5.75. The van der Waals surface area contributed by atoms with E-state index in [1.165, 1.54) is 18.3 Å². The summed E-state index contributed by atoms with van der Waals surface area (Å²) in [4.78, 5) is 3.88. The number of hydrogen-bond donors (Lipinski definition) is 2. The molecule has 0 fully saturated rings. The predicted octanol–water partition coefficient (Wildman–Crippen LogP) is 1.24. The average Bonchev–Trinajstić information content (AvgIpc) is 2.16. The highest BCUT2D eigenvalue weighted by Crippen LogP contribution is 2.28. The Morgan fingerprint density at radius 2 is 2.33 bits per heavy atom. The van der Waals surface area contributed by atoms with Gasteiger partial charge in [0.1, 0.15) is 10.8 Å². The summed E-state index contributed by atoms with van der Waals surface area (Å²) < 4.78 is 5.09. The predicted molar refractivity (Wildman–Crippen MR) is 60.4 cm³/mol. The second kappa shape index (κ2) is 4.86. The third-order valence-electron chi connectivity index (χ3n) is 1.65. The summed E-state index contributed by atoms with van der Waals surface area (Å²) in [5.74, 6) is 6.28. The molecule has 0 saturated heterocycles. The van der Waals surface area contributed by atoms with Gasteiger partial charge in [0.15, 0.2) is 5.75 Å². The first-order chi connectivity index (χ1) is 7.04. The number of nitrogens with two attached hydrogens (primary N) is 2. The largest absolute Gasteiger partial charge is 0.493 e. The lowest BCUT2D eigenvalue weighted by Crippen LogP contribution is -2.26. The van der Waals surface area contributed by atoms with Crippen LogP contribution in [0, 0.1) is 0 Å². The quantitative estimate of drug-likeness (QED) is 0.463. The van der Waals surface area contributed by atoms with E-state index < -0.39 is 0 Å². The highest BCUT2D eigenvalue weighted by atomic mass is 35.5. The van der Waals surface area contributed by atoms with Crippen LogP contribution in [0.3, 0.4) is 0 Å². The summed E-state index contributed by atoms with van der Waals surface area (Å²) >= 11 is 5.75. The Balaban J connectivity index is 3.11. The van der Waals surface area contributed by atoms with E-state index in [9.17, 15) is 0 Å². The zero-order valence-corrected chi connectivity index (χ0v) is 9.32. The molecule has 0 aromatic carbocycles. The van der Waals surface area contributed by atoms with Crippen molar-refractivity contribution in [2.24, 2.45) is 11.6 Å². The third-order valence-corrected chi connectivity index (χ3v) is 1.86. The molecule has 0 bridgehead atoms. The van der Waals surface area contributed by atoms with Crippen molar-refractivity contribution in [1.82, 2.24) is 4.98 Å².